The predicted octanol–water partition coefficient (Wildman–Crippen LogP) is -5.94. The molecule has 1 aliphatic rings. The van der Waals surface area contributed by atoms with E-state index in [4.69, 9.17) is 40.1 Å². The van der Waals surface area contributed by atoms with Gasteiger partial charge in [-0.1, -0.05) is 26.0 Å². The lowest BCUT2D eigenvalue weighted by Crippen LogP contribution is -2.60. The highest BCUT2D eigenvalue weighted by molar-refractivity contribution is 5.99. The Labute approximate surface area is 375 Å². The summed E-state index contributed by atoms with van der Waals surface area (Å²) in [5.41, 5.74) is 38.7. The number of rotatable bonds is 23. The molecule has 0 saturated carbocycles. The fourth-order valence-corrected chi connectivity index (χ4v) is 6.36. The van der Waals surface area contributed by atoms with Crippen molar-refractivity contribution in [1.82, 2.24) is 37.2 Å². The monoisotopic (exact) mass is 916 g/mol. The van der Waals surface area contributed by atoms with Crippen LogP contribution in [0.1, 0.15) is 70.8 Å². The summed E-state index contributed by atoms with van der Waals surface area (Å²) in [5, 5.41) is 27.4. The molecule has 65 heavy (non-hydrogen) atoms. The number of hydrogen-bond donors (Lipinski definition) is 15. The molecule has 1 aromatic carbocycles. The third-order valence-corrected chi connectivity index (χ3v) is 9.60. The number of guanidine groups is 3. The number of nitrogens with two attached hydrogens (primary N) is 7. The molecule has 0 unspecified atom stereocenters. The van der Waals surface area contributed by atoms with Crippen molar-refractivity contribution in [2.75, 3.05) is 26.2 Å². The number of phenols is 1. The van der Waals surface area contributed by atoms with Gasteiger partial charge in [0.2, 0.25) is 47.3 Å². The number of carbonyl (C=O) groups excluding carboxylic acids is 8. The number of aliphatic imine (C=N–C) groups is 3. The van der Waals surface area contributed by atoms with Crippen molar-refractivity contribution in [2.24, 2.45) is 61.0 Å². The van der Waals surface area contributed by atoms with Crippen molar-refractivity contribution in [3.8, 4) is 5.75 Å². The Morgan fingerprint density at radius 3 is 1.72 bits per heavy atom. The normalized spacial score (nSPS) is 18.2. The molecule has 1 heterocycles. The van der Waals surface area contributed by atoms with E-state index in [1.165, 1.54) is 12.1 Å². The molecule has 0 bridgehead atoms. The van der Waals surface area contributed by atoms with E-state index in [2.05, 4.69) is 52.2 Å². The van der Waals surface area contributed by atoms with Crippen LogP contribution in [-0.2, 0) is 44.8 Å². The van der Waals surface area contributed by atoms with Gasteiger partial charge in [-0.05, 0) is 68.6 Å². The third-order valence-electron chi connectivity index (χ3n) is 9.60. The van der Waals surface area contributed by atoms with Gasteiger partial charge in [0.15, 0.2) is 17.9 Å². The van der Waals surface area contributed by atoms with Crippen LogP contribution in [0.5, 0.6) is 5.75 Å². The van der Waals surface area contributed by atoms with Crippen LogP contribution in [0.25, 0.3) is 0 Å². The maximum atomic E-state index is 14.1. The molecular formula is C39H65N17O9. The number of nitrogens with zero attached hydrogens (tertiary/aromatic N) is 3. The Bertz CT molecular complexity index is 1900. The van der Waals surface area contributed by atoms with Gasteiger partial charge in [-0.25, -0.2) is 0 Å². The van der Waals surface area contributed by atoms with Crippen molar-refractivity contribution >= 4 is 65.1 Å². The van der Waals surface area contributed by atoms with E-state index in [-0.39, 0.29) is 101 Å². The second-order valence-electron chi connectivity index (χ2n) is 15.7. The highest BCUT2D eigenvalue weighted by Gasteiger charge is 2.35. The first-order valence-corrected chi connectivity index (χ1v) is 21.0. The summed E-state index contributed by atoms with van der Waals surface area (Å²) >= 11 is 0. The van der Waals surface area contributed by atoms with Gasteiger partial charge in [0.25, 0.3) is 0 Å². The smallest absolute Gasteiger partial charge is 0.243 e. The second kappa shape index (κ2) is 27.6. The van der Waals surface area contributed by atoms with E-state index >= 15 is 0 Å². The fraction of sp³-hybridized carbons (Fsp3) is 0.564. The highest BCUT2D eigenvalue weighted by Crippen LogP contribution is 2.13. The molecule has 26 nitrogen and oxygen atoms in total. The fourth-order valence-electron chi connectivity index (χ4n) is 6.36. The molecule has 0 aromatic heterocycles. The quantitative estimate of drug-likeness (QED) is 0.0276. The lowest BCUT2D eigenvalue weighted by atomic mass is 10.0. The first-order valence-electron chi connectivity index (χ1n) is 21.0. The number of benzene rings is 1. The highest BCUT2D eigenvalue weighted by atomic mass is 16.3. The Balaban J connectivity index is 2.43. The molecule has 1 fully saturated rings. The largest absolute Gasteiger partial charge is 0.508 e. The van der Waals surface area contributed by atoms with Gasteiger partial charge < -0.3 is 82.5 Å². The van der Waals surface area contributed by atoms with Crippen LogP contribution in [0.2, 0.25) is 0 Å². The van der Waals surface area contributed by atoms with Gasteiger partial charge in [-0.2, -0.15) is 0 Å². The van der Waals surface area contributed by atoms with E-state index in [1.54, 1.807) is 26.0 Å². The number of amides is 8. The van der Waals surface area contributed by atoms with E-state index in [0.29, 0.717) is 5.56 Å². The molecule has 6 atom stereocenters. The van der Waals surface area contributed by atoms with Crippen LogP contribution < -0.4 is 77.4 Å². The molecular weight excluding hydrogens is 851 g/mol. The van der Waals surface area contributed by atoms with E-state index in [1.807, 2.05) is 0 Å². The van der Waals surface area contributed by atoms with Crippen LogP contribution in [0.4, 0.5) is 0 Å². The lowest BCUT2D eigenvalue weighted by Gasteiger charge is -2.28. The zero-order chi connectivity index (χ0) is 48.6. The Morgan fingerprint density at radius 1 is 0.677 bits per heavy atom. The van der Waals surface area contributed by atoms with Gasteiger partial charge in [0, 0.05) is 26.1 Å². The second-order valence-corrected chi connectivity index (χ2v) is 15.7. The summed E-state index contributed by atoms with van der Waals surface area (Å²) in [6, 6.07) is -2.20. The van der Waals surface area contributed by atoms with Gasteiger partial charge in [-0.15, -0.1) is 0 Å². The minimum absolute atomic E-state index is 0.00571. The van der Waals surface area contributed by atoms with Crippen molar-refractivity contribution < 1.29 is 43.5 Å². The first-order chi connectivity index (χ1) is 30.6. The number of primary amides is 1. The zero-order valence-corrected chi connectivity index (χ0v) is 36.6. The van der Waals surface area contributed by atoms with Gasteiger partial charge in [0.05, 0.1) is 13.0 Å². The lowest BCUT2D eigenvalue weighted by molar-refractivity contribution is -0.136. The van der Waals surface area contributed by atoms with Crippen molar-refractivity contribution in [1.29, 1.82) is 0 Å². The number of hydrogen-bond acceptors (Lipinski definition) is 12. The molecule has 8 amide bonds. The van der Waals surface area contributed by atoms with Gasteiger partial charge in [0.1, 0.15) is 42.0 Å². The Kier molecular flexibility index (Phi) is 22.8. The number of carbonyl (C=O) groups is 8. The SMILES string of the molecule is CC(C)C[C@H](NC(=O)[C@@H]1CC(=O)NCC(=O)N[C@H](CCCN=C(N)N)C(=O)N[C@@H](CCCN=C(N)N)C(=O)N1)C(=O)N[C@@H](CCCN=C(N)N)C(=O)N[C@@H](Cc1ccc(O)cc1)C(N)=O. The van der Waals surface area contributed by atoms with E-state index in [9.17, 15) is 43.5 Å². The molecule has 1 aliphatic heterocycles. The molecule has 1 aromatic rings. The molecule has 2 rings (SSSR count). The summed E-state index contributed by atoms with van der Waals surface area (Å²) in [6.07, 6.45) is -0.204. The molecule has 22 N–H and O–H groups in total. The minimum Gasteiger partial charge on any atom is -0.508 e. The van der Waals surface area contributed by atoms with Crippen LogP contribution >= 0.6 is 0 Å². The molecule has 0 aliphatic carbocycles. The first kappa shape index (κ1) is 53.7. The summed E-state index contributed by atoms with van der Waals surface area (Å²) in [4.78, 5) is 120. The number of phenolic OH excluding ortho intramolecular Hbond substituents is 1. The van der Waals surface area contributed by atoms with Crippen LogP contribution in [0, 0.1) is 5.92 Å². The van der Waals surface area contributed by atoms with Crippen molar-refractivity contribution in [2.45, 2.75) is 108 Å². The molecule has 1 saturated heterocycles. The maximum Gasteiger partial charge on any atom is 0.243 e. The van der Waals surface area contributed by atoms with Crippen molar-refractivity contribution in [3.63, 3.8) is 0 Å². The van der Waals surface area contributed by atoms with Gasteiger partial charge in [-0.3, -0.25) is 53.3 Å². The minimum atomic E-state index is -1.66. The average Bonchev–Trinajstić information content (AvgIpc) is 3.22. The molecule has 26 heteroatoms. The standard InChI is InChI=1S/C39H65N17O9/c1-20(2)16-27(35(64)53-24(7-4-14-48-38(43)44)33(62)54-26(31(40)60)17-21-9-11-22(57)12-10-21)55-36(65)28-18-29(58)50-19-30(59)51-23(6-3-13-47-37(41)42)32(61)52-25(34(63)56-28)8-5-15-49-39(45)46/h9-12,20,23-28,57H,3-8,13-19H2,1-2H3,(H2,40,60)(H,50,58)(H,51,59)(H,52,61)(H,53,64)(H,54,62)(H,55,65)(H,56,63)(H4,41,42,47)(H4,43,44,48)(H4,45,46,49)/t23-,24+,25+,26+,27+,28+/m1/s1. The number of aromatic hydroxyl groups is 1. The molecule has 0 radical (unpaired) electrons. The summed E-state index contributed by atoms with van der Waals surface area (Å²) in [6.45, 7) is 3.18. The van der Waals surface area contributed by atoms with Crippen LogP contribution in [0.3, 0.4) is 0 Å². The van der Waals surface area contributed by atoms with E-state index in [0.717, 1.165) is 0 Å². The summed E-state index contributed by atoms with van der Waals surface area (Å²) < 4.78 is 0. The molecule has 360 valence electrons. The average molecular weight is 916 g/mol. The topological polar surface area (TPSA) is 460 Å². The predicted molar refractivity (Wildman–Crippen MR) is 239 cm³/mol. The van der Waals surface area contributed by atoms with E-state index < -0.39 is 96.5 Å². The Hall–Kier alpha value is -7.41. The third kappa shape index (κ3) is 21.5. The maximum absolute atomic E-state index is 14.1. The van der Waals surface area contributed by atoms with Crippen molar-refractivity contribution in [3.05, 3.63) is 29.8 Å². The van der Waals surface area contributed by atoms with Crippen LogP contribution in [0.15, 0.2) is 39.2 Å². The zero-order valence-electron chi connectivity index (χ0n) is 36.6. The Morgan fingerprint density at radius 2 is 1.18 bits per heavy atom. The molecule has 0 spiro atoms. The summed E-state index contributed by atoms with van der Waals surface area (Å²) in [7, 11) is 0. The van der Waals surface area contributed by atoms with Gasteiger partial charge >= 0.3 is 0 Å². The summed E-state index contributed by atoms with van der Waals surface area (Å²) in [5.74, 6) is -7.59. The number of nitrogens with one attached hydrogen (secondary N) is 7. The van der Waals surface area contributed by atoms with Crippen LogP contribution in [-0.4, -0.2) is 133 Å².